The van der Waals surface area contributed by atoms with E-state index in [1.54, 1.807) is 6.07 Å². The molecular weight excluding hydrogens is 244 g/mol. The third-order valence-electron chi connectivity index (χ3n) is 2.26. The first-order valence-electron chi connectivity index (χ1n) is 5.00. The van der Waals surface area contributed by atoms with E-state index >= 15 is 0 Å². The number of amides is 1. The van der Waals surface area contributed by atoms with Crippen LogP contribution in [-0.2, 0) is 6.54 Å². The highest BCUT2D eigenvalue weighted by Crippen LogP contribution is 2.16. The summed E-state index contributed by atoms with van der Waals surface area (Å²) in [5.74, 6) is -2.84. The molecule has 0 aliphatic carbocycles. The largest absolute Gasteiger partial charge is 0.398 e. The summed E-state index contributed by atoms with van der Waals surface area (Å²) in [6, 6.07) is 3.08. The van der Waals surface area contributed by atoms with Crippen molar-refractivity contribution in [3.8, 4) is 0 Å². The Morgan fingerprint density at radius 2 is 2.11 bits per heavy atom. The number of rotatable bonds is 3. The second-order valence-corrected chi connectivity index (χ2v) is 3.53. The summed E-state index contributed by atoms with van der Waals surface area (Å²) >= 11 is 0. The molecule has 94 valence electrons. The van der Waals surface area contributed by atoms with E-state index in [-0.39, 0.29) is 17.8 Å². The van der Waals surface area contributed by atoms with Crippen LogP contribution in [-0.4, -0.2) is 11.1 Å². The number of hydrogen-bond acceptors (Lipinski definition) is 4. The number of carbonyl (C=O) groups excluding carboxylic acids is 1. The molecule has 0 saturated heterocycles. The Morgan fingerprint density at radius 1 is 1.39 bits per heavy atom. The van der Waals surface area contributed by atoms with Crippen molar-refractivity contribution in [2.45, 2.75) is 6.54 Å². The second kappa shape index (κ2) is 4.82. The molecule has 0 fully saturated rings. The summed E-state index contributed by atoms with van der Waals surface area (Å²) in [4.78, 5) is 11.7. The Kier molecular flexibility index (Phi) is 3.22. The number of halogens is 2. The maximum Gasteiger partial charge on any atom is 0.253 e. The third kappa shape index (κ3) is 2.45. The maximum atomic E-state index is 13.0. The van der Waals surface area contributed by atoms with Crippen LogP contribution in [0.25, 0.3) is 0 Å². The summed E-state index contributed by atoms with van der Waals surface area (Å²) in [5, 5.41) is 6.04. The smallest absolute Gasteiger partial charge is 0.253 e. The fourth-order valence-electron chi connectivity index (χ4n) is 1.35. The molecule has 1 heterocycles. The van der Waals surface area contributed by atoms with Crippen molar-refractivity contribution in [3.05, 3.63) is 47.4 Å². The first-order valence-corrected chi connectivity index (χ1v) is 5.00. The van der Waals surface area contributed by atoms with Gasteiger partial charge < -0.3 is 15.6 Å². The molecule has 0 radical (unpaired) electrons. The minimum atomic E-state index is -1.13. The average Bonchev–Trinajstić information content (AvgIpc) is 2.84. The molecule has 2 rings (SSSR count). The fraction of sp³-hybridized carbons (Fsp3) is 0.0909. The molecule has 0 bridgehead atoms. The van der Waals surface area contributed by atoms with Gasteiger partial charge in [-0.3, -0.25) is 4.79 Å². The quantitative estimate of drug-likeness (QED) is 0.811. The van der Waals surface area contributed by atoms with Crippen LogP contribution in [0, 0.1) is 11.6 Å². The van der Waals surface area contributed by atoms with Gasteiger partial charge in [0.25, 0.3) is 5.91 Å². The normalized spacial score (nSPS) is 10.3. The number of nitrogens with zero attached hydrogens (tertiary/aromatic N) is 1. The van der Waals surface area contributed by atoms with E-state index in [2.05, 4.69) is 15.0 Å². The molecule has 18 heavy (non-hydrogen) atoms. The van der Waals surface area contributed by atoms with Gasteiger partial charge in [-0.2, -0.15) is 0 Å². The van der Waals surface area contributed by atoms with E-state index in [1.165, 1.54) is 6.26 Å². The van der Waals surface area contributed by atoms with Gasteiger partial charge in [-0.05, 0) is 6.07 Å². The third-order valence-corrected chi connectivity index (χ3v) is 2.26. The van der Waals surface area contributed by atoms with Crippen LogP contribution in [0.4, 0.5) is 14.5 Å². The zero-order chi connectivity index (χ0) is 13.1. The van der Waals surface area contributed by atoms with E-state index in [9.17, 15) is 13.6 Å². The summed E-state index contributed by atoms with van der Waals surface area (Å²) in [7, 11) is 0. The zero-order valence-corrected chi connectivity index (χ0v) is 9.11. The lowest BCUT2D eigenvalue weighted by molar-refractivity contribution is 0.0950. The Bertz CT molecular complexity index is 570. The number of carbonyl (C=O) groups is 1. The van der Waals surface area contributed by atoms with E-state index in [4.69, 9.17) is 5.73 Å². The van der Waals surface area contributed by atoms with Crippen molar-refractivity contribution in [3.63, 3.8) is 0 Å². The van der Waals surface area contributed by atoms with Crippen LogP contribution in [0.15, 0.2) is 29.0 Å². The van der Waals surface area contributed by atoms with E-state index < -0.39 is 17.5 Å². The van der Waals surface area contributed by atoms with Crippen molar-refractivity contribution in [2.24, 2.45) is 0 Å². The lowest BCUT2D eigenvalue weighted by Gasteiger charge is -2.06. The minimum Gasteiger partial charge on any atom is -0.398 e. The molecule has 0 saturated carbocycles. The highest BCUT2D eigenvalue weighted by Gasteiger charge is 2.14. The van der Waals surface area contributed by atoms with E-state index in [1.807, 2.05) is 0 Å². The lowest BCUT2D eigenvalue weighted by atomic mass is 10.1. The minimum absolute atomic E-state index is 0.105. The second-order valence-electron chi connectivity index (χ2n) is 3.53. The molecule has 0 aliphatic rings. The Morgan fingerprint density at radius 3 is 2.78 bits per heavy atom. The van der Waals surface area contributed by atoms with E-state index in [0.717, 1.165) is 12.1 Å². The molecule has 0 aliphatic heterocycles. The summed E-state index contributed by atoms with van der Waals surface area (Å²) < 4.78 is 30.4. The fourth-order valence-corrected chi connectivity index (χ4v) is 1.35. The van der Waals surface area contributed by atoms with Crippen LogP contribution in [0.3, 0.4) is 0 Å². The van der Waals surface area contributed by atoms with E-state index in [0.29, 0.717) is 5.69 Å². The molecule has 0 spiro atoms. The van der Waals surface area contributed by atoms with Crippen molar-refractivity contribution in [1.29, 1.82) is 0 Å². The number of nitrogens with two attached hydrogens (primary N) is 1. The molecular formula is C11H9F2N3O2. The molecule has 7 heteroatoms. The van der Waals surface area contributed by atoms with Crippen LogP contribution in [0.5, 0.6) is 0 Å². The number of benzene rings is 1. The topological polar surface area (TPSA) is 81.2 Å². The molecule has 1 aromatic carbocycles. The highest BCUT2D eigenvalue weighted by atomic mass is 19.2. The monoisotopic (exact) mass is 253 g/mol. The molecule has 2 aromatic rings. The lowest BCUT2D eigenvalue weighted by Crippen LogP contribution is -2.24. The predicted octanol–water partition coefficient (Wildman–Crippen LogP) is 1.47. The highest BCUT2D eigenvalue weighted by molar-refractivity contribution is 5.99. The van der Waals surface area contributed by atoms with Gasteiger partial charge in [0.15, 0.2) is 11.6 Å². The number of nitrogen functional groups attached to an aromatic ring is 1. The van der Waals surface area contributed by atoms with Gasteiger partial charge in [-0.15, -0.1) is 0 Å². The number of anilines is 1. The first-order chi connectivity index (χ1) is 8.58. The zero-order valence-electron chi connectivity index (χ0n) is 9.11. The van der Waals surface area contributed by atoms with Gasteiger partial charge in [0.1, 0.15) is 12.0 Å². The van der Waals surface area contributed by atoms with Crippen molar-refractivity contribution in [2.75, 3.05) is 5.73 Å². The average molecular weight is 253 g/mol. The summed E-state index contributed by atoms with van der Waals surface area (Å²) in [6.45, 7) is 0.105. The van der Waals surface area contributed by atoms with Gasteiger partial charge in [-0.1, -0.05) is 5.16 Å². The predicted molar refractivity (Wildman–Crippen MR) is 58.4 cm³/mol. The molecule has 0 unspecified atom stereocenters. The molecule has 0 atom stereocenters. The summed E-state index contributed by atoms with van der Waals surface area (Å²) in [6.07, 6.45) is 1.35. The first kappa shape index (κ1) is 12.0. The number of aromatic nitrogens is 1. The number of nitrogens with one attached hydrogen (secondary N) is 1. The standard InChI is InChI=1S/C11H9F2N3O2/c12-8-3-7(10(14)4-9(8)13)11(17)15-5-6-1-2-18-16-6/h1-4H,5,14H2,(H,15,17). The van der Waals surface area contributed by atoms with Crippen molar-refractivity contribution >= 4 is 11.6 Å². The van der Waals surface area contributed by atoms with Crippen LogP contribution >= 0.6 is 0 Å². The maximum absolute atomic E-state index is 13.0. The molecule has 1 aromatic heterocycles. The van der Waals surface area contributed by atoms with Crippen molar-refractivity contribution in [1.82, 2.24) is 10.5 Å². The molecule has 1 amide bonds. The summed E-state index contributed by atoms with van der Waals surface area (Å²) in [5.41, 5.74) is 5.68. The van der Waals surface area contributed by atoms with Crippen LogP contribution < -0.4 is 11.1 Å². The Labute approximate surface area is 101 Å². The van der Waals surface area contributed by atoms with Gasteiger partial charge in [0.2, 0.25) is 0 Å². The molecule has 5 nitrogen and oxygen atoms in total. The van der Waals surface area contributed by atoms with Crippen LogP contribution in [0.2, 0.25) is 0 Å². The van der Waals surface area contributed by atoms with Gasteiger partial charge in [-0.25, -0.2) is 8.78 Å². The number of hydrogen-bond donors (Lipinski definition) is 2. The van der Waals surface area contributed by atoms with Crippen molar-refractivity contribution < 1.29 is 18.1 Å². The van der Waals surface area contributed by atoms with Gasteiger partial charge in [0.05, 0.1) is 12.1 Å². The Hall–Kier alpha value is -2.44. The van der Waals surface area contributed by atoms with Gasteiger partial charge in [0, 0.05) is 17.8 Å². The Balaban J connectivity index is 2.11. The molecule has 3 N–H and O–H groups in total. The van der Waals surface area contributed by atoms with Crippen LogP contribution in [0.1, 0.15) is 16.1 Å². The SMILES string of the molecule is Nc1cc(F)c(F)cc1C(=O)NCc1ccon1. The van der Waals surface area contributed by atoms with Gasteiger partial charge >= 0.3 is 0 Å².